The molecule has 156 valence electrons. The maximum absolute atomic E-state index is 11.1. The summed E-state index contributed by atoms with van der Waals surface area (Å²) in [7, 11) is 1.65. The first-order chi connectivity index (χ1) is 14.0. The Balaban J connectivity index is 1.54. The van der Waals surface area contributed by atoms with Gasteiger partial charge >= 0.3 is 6.09 Å². The number of amides is 2. The van der Waals surface area contributed by atoms with Crippen LogP contribution in [0.2, 0.25) is 0 Å². The number of nitrogens with zero attached hydrogens (tertiary/aromatic N) is 1. The molecular formula is C21H26N2O6. The summed E-state index contributed by atoms with van der Waals surface area (Å²) in [5.41, 5.74) is 6.24. The van der Waals surface area contributed by atoms with Gasteiger partial charge in [0.2, 0.25) is 5.91 Å². The van der Waals surface area contributed by atoms with Crippen molar-refractivity contribution >= 4 is 22.8 Å². The van der Waals surface area contributed by atoms with E-state index in [4.69, 9.17) is 25.1 Å². The minimum Gasteiger partial charge on any atom is -0.497 e. The number of rotatable bonds is 8. The molecule has 0 aromatic heterocycles. The Hall–Kier alpha value is -2.84. The molecule has 2 aromatic rings. The van der Waals surface area contributed by atoms with Crippen molar-refractivity contribution in [2.45, 2.75) is 25.0 Å². The van der Waals surface area contributed by atoms with Crippen LogP contribution in [0.15, 0.2) is 36.4 Å². The summed E-state index contributed by atoms with van der Waals surface area (Å²) in [6, 6.07) is 12.2. The highest BCUT2D eigenvalue weighted by Crippen LogP contribution is 2.31. The molecular weight excluding hydrogens is 376 g/mol. The van der Waals surface area contributed by atoms with E-state index in [-0.39, 0.29) is 25.3 Å². The van der Waals surface area contributed by atoms with Crippen LogP contribution in [0, 0.1) is 0 Å². The van der Waals surface area contributed by atoms with Gasteiger partial charge in [-0.3, -0.25) is 9.69 Å². The second-order valence-corrected chi connectivity index (χ2v) is 7.04. The molecule has 0 atom stereocenters. The van der Waals surface area contributed by atoms with Gasteiger partial charge in [0.1, 0.15) is 12.3 Å². The average Bonchev–Trinajstić information content (AvgIpc) is 2.72. The molecule has 2 aromatic carbocycles. The Kier molecular flexibility index (Phi) is 6.90. The molecule has 1 aliphatic heterocycles. The fraction of sp³-hybridized carbons (Fsp3) is 0.429. The maximum atomic E-state index is 11.1. The number of fused-ring (bicyclic) bond motifs is 1. The van der Waals surface area contributed by atoms with E-state index in [9.17, 15) is 9.59 Å². The fourth-order valence-corrected chi connectivity index (χ4v) is 3.54. The summed E-state index contributed by atoms with van der Waals surface area (Å²) in [5.74, 6) is 0.263. The molecule has 1 fully saturated rings. The molecule has 0 saturated carbocycles. The SMILES string of the molecule is COc1ccc2c(cccc2[C@H]2CO[C@H](CCCN(CC(N)=O)C(=O)O)OC2)c1. The Morgan fingerprint density at radius 1 is 1.24 bits per heavy atom. The average molecular weight is 402 g/mol. The van der Waals surface area contributed by atoms with Crippen LogP contribution >= 0.6 is 0 Å². The zero-order valence-electron chi connectivity index (χ0n) is 16.4. The third-order valence-electron chi connectivity index (χ3n) is 5.01. The lowest BCUT2D eigenvalue weighted by Crippen LogP contribution is -2.38. The molecule has 3 N–H and O–H groups in total. The van der Waals surface area contributed by atoms with Gasteiger partial charge in [-0.2, -0.15) is 0 Å². The molecule has 3 rings (SSSR count). The third-order valence-corrected chi connectivity index (χ3v) is 5.01. The van der Waals surface area contributed by atoms with Gasteiger partial charge in [-0.05, 0) is 34.9 Å². The molecule has 1 saturated heterocycles. The predicted octanol–water partition coefficient (Wildman–Crippen LogP) is 2.55. The quantitative estimate of drug-likeness (QED) is 0.702. The molecule has 1 aliphatic rings. The highest BCUT2D eigenvalue weighted by molar-refractivity contribution is 5.87. The van der Waals surface area contributed by atoms with Gasteiger partial charge < -0.3 is 25.1 Å². The van der Waals surface area contributed by atoms with Crippen molar-refractivity contribution in [2.24, 2.45) is 5.73 Å². The summed E-state index contributed by atoms with van der Waals surface area (Å²) >= 11 is 0. The first-order valence-corrected chi connectivity index (χ1v) is 9.54. The highest BCUT2D eigenvalue weighted by Gasteiger charge is 2.25. The fourth-order valence-electron chi connectivity index (χ4n) is 3.54. The van der Waals surface area contributed by atoms with Crippen LogP contribution in [0.5, 0.6) is 5.75 Å². The Bertz CT molecular complexity index is 863. The second kappa shape index (κ2) is 9.58. The lowest BCUT2D eigenvalue weighted by Gasteiger charge is -2.30. The smallest absolute Gasteiger partial charge is 0.407 e. The van der Waals surface area contributed by atoms with Crippen molar-refractivity contribution < 1.29 is 28.9 Å². The van der Waals surface area contributed by atoms with Gasteiger partial charge in [-0.25, -0.2) is 4.79 Å². The van der Waals surface area contributed by atoms with E-state index in [0.717, 1.165) is 21.4 Å². The Labute approximate surface area is 169 Å². The molecule has 8 nitrogen and oxygen atoms in total. The molecule has 0 unspecified atom stereocenters. The van der Waals surface area contributed by atoms with E-state index < -0.39 is 12.0 Å². The summed E-state index contributed by atoms with van der Waals surface area (Å²) < 4.78 is 17.0. The van der Waals surface area contributed by atoms with Gasteiger partial charge in [0.05, 0.1) is 20.3 Å². The lowest BCUT2D eigenvalue weighted by molar-refractivity contribution is -0.190. The number of hydrogen-bond donors (Lipinski definition) is 2. The number of nitrogens with two attached hydrogens (primary N) is 1. The van der Waals surface area contributed by atoms with Gasteiger partial charge in [-0.1, -0.05) is 24.3 Å². The molecule has 29 heavy (non-hydrogen) atoms. The number of carbonyl (C=O) groups is 2. The van der Waals surface area contributed by atoms with Crippen LogP contribution in [0.3, 0.4) is 0 Å². The van der Waals surface area contributed by atoms with Crippen LogP contribution < -0.4 is 10.5 Å². The van der Waals surface area contributed by atoms with Crippen molar-refractivity contribution in [1.82, 2.24) is 4.90 Å². The number of ether oxygens (including phenoxy) is 3. The van der Waals surface area contributed by atoms with Gasteiger partial charge in [0.15, 0.2) is 6.29 Å². The largest absolute Gasteiger partial charge is 0.497 e. The monoisotopic (exact) mass is 402 g/mol. The van der Waals surface area contributed by atoms with E-state index in [1.165, 1.54) is 5.56 Å². The van der Waals surface area contributed by atoms with Crippen molar-refractivity contribution in [3.63, 3.8) is 0 Å². The van der Waals surface area contributed by atoms with Crippen molar-refractivity contribution in [2.75, 3.05) is 33.4 Å². The summed E-state index contributed by atoms with van der Waals surface area (Å²) in [6.45, 7) is 0.950. The first kappa shape index (κ1) is 20.9. The number of hydrogen-bond acceptors (Lipinski definition) is 5. The number of primary amides is 1. The second-order valence-electron chi connectivity index (χ2n) is 7.04. The topological polar surface area (TPSA) is 111 Å². The number of carboxylic acid groups (broad SMARTS) is 1. The van der Waals surface area contributed by atoms with E-state index in [1.54, 1.807) is 7.11 Å². The molecule has 0 radical (unpaired) electrons. The minimum atomic E-state index is -1.16. The van der Waals surface area contributed by atoms with E-state index in [1.807, 2.05) is 18.2 Å². The molecule has 0 spiro atoms. The maximum Gasteiger partial charge on any atom is 0.407 e. The molecule has 8 heteroatoms. The van der Waals surface area contributed by atoms with Crippen LogP contribution in [0.25, 0.3) is 10.8 Å². The Morgan fingerprint density at radius 2 is 2.00 bits per heavy atom. The van der Waals surface area contributed by atoms with Gasteiger partial charge in [0.25, 0.3) is 0 Å². The summed E-state index contributed by atoms with van der Waals surface area (Å²) in [6.07, 6.45) is -0.488. The predicted molar refractivity (Wildman–Crippen MR) is 107 cm³/mol. The number of carbonyl (C=O) groups excluding carboxylic acids is 1. The van der Waals surface area contributed by atoms with Crippen LogP contribution in [-0.2, 0) is 14.3 Å². The molecule has 2 amide bonds. The van der Waals surface area contributed by atoms with Crippen molar-refractivity contribution in [3.05, 3.63) is 42.0 Å². The number of methoxy groups -OCH3 is 1. The normalized spacial score (nSPS) is 19.1. The first-order valence-electron chi connectivity index (χ1n) is 9.54. The molecule has 0 bridgehead atoms. The van der Waals surface area contributed by atoms with Crippen LogP contribution in [-0.4, -0.2) is 61.7 Å². The van der Waals surface area contributed by atoms with E-state index in [2.05, 4.69) is 18.2 Å². The summed E-state index contributed by atoms with van der Waals surface area (Å²) in [5, 5.41) is 11.3. The summed E-state index contributed by atoms with van der Waals surface area (Å²) in [4.78, 5) is 23.1. The number of benzene rings is 2. The third kappa shape index (κ3) is 5.36. The Morgan fingerprint density at radius 3 is 2.66 bits per heavy atom. The lowest BCUT2D eigenvalue weighted by atomic mass is 9.94. The minimum absolute atomic E-state index is 0.119. The standard InChI is InChI=1S/C21H26N2O6/c1-27-16-7-8-18-14(10-16)4-2-5-17(18)15-12-28-20(29-13-15)6-3-9-23(21(25)26)11-19(22)24/h2,4-5,7-8,10,15,20H,3,6,9,11-13H2,1H3,(H2,22,24)(H,25,26)/t15-,20-. The zero-order valence-corrected chi connectivity index (χ0v) is 16.4. The highest BCUT2D eigenvalue weighted by atomic mass is 16.7. The van der Waals surface area contributed by atoms with Crippen LogP contribution in [0.4, 0.5) is 4.79 Å². The molecule has 1 heterocycles. The molecule has 0 aliphatic carbocycles. The van der Waals surface area contributed by atoms with Gasteiger partial charge in [-0.15, -0.1) is 0 Å². The van der Waals surface area contributed by atoms with E-state index >= 15 is 0 Å². The van der Waals surface area contributed by atoms with Crippen molar-refractivity contribution in [1.29, 1.82) is 0 Å². The van der Waals surface area contributed by atoms with Crippen molar-refractivity contribution in [3.8, 4) is 5.75 Å². The van der Waals surface area contributed by atoms with E-state index in [0.29, 0.717) is 26.1 Å². The van der Waals surface area contributed by atoms with Gasteiger partial charge in [0, 0.05) is 18.9 Å². The van der Waals surface area contributed by atoms with Crippen LogP contribution in [0.1, 0.15) is 24.3 Å². The zero-order chi connectivity index (χ0) is 20.8.